The Kier molecular flexibility index (Phi) is 4.95. The molecule has 4 nitrogen and oxygen atoms in total. The molecule has 2 aromatic rings. The molecule has 2 unspecified atom stereocenters. The van der Waals surface area contributed by atoms with Gasteiger partial charge in [0.15, 0.2) is 23.0 Å². The third-order valence-corrected chi connectivity index (χ3v) is 10.6. The van der Waals surface area contributed by atoms with Gasteiger partial charge in [-0.05, 0) is 57.6 Å². The maximum Gasteiger partial charge on any atom is 0.161 e. The minimum Gasteiger partial charge on any atom is -0.493 e. The molecule has 29 heavy (non-hydrogen) atoms. The molecule has 5 heteroatoms. The summed E-state index contributed by atoms with van der Waals surface area (Å²) in [5, 5.41) is 0. The Hall–Kier alpha value is -2.66. The van der Waals surface area contributed by atoms with Crippen molar-refractivity contribution in [1.29, 1.82) is 0 Å². The Bertz CT molecular complexity index is 927. The number of benzene rings is 2. The first-order valence-electron chi connectivity index (χ1n) is 9.82. The molecule has 0 aromatic heterocycles. The van der Waals surface area contributed by atoms with Crippen molar-refractivity contribution >= 4 is 20.2 Å². The van der Waals surface area contributed by atoms with Crippen LogP contribution in [-0.2, 0) is 0 Å². The van der Waals surface area contributed by atoms with Crippen LogP contribution in [0.25, 0.3) is 12.2 Å². The van der Waals surface area contributed by atoms with Crippen LogP contribution in [0.5, 0.6) is 23.0 Å². The van der Waals surface area contributed by atoms with E-state index in [-0.39, 0.29) is 0 Å². The van der Waals surface area contributed by atoms with Gasteiger partial charge in [0.1, 0.15) is 0 Å². The maximum absolute atomic E-state index is 5.58. The highest BCUT2D eigenvalue weighted by Crippen LogP contribution is 2.50. The van der Waals surface area contributed by atoms with E-state index in [1.807, 2.05) is 0 Å². The lowest BCUT2D eigenvalue weighted by molar-refractivity contribution is 0.354. The normalized spacial score (nSPS) is 19.1. The van der Waals surface area contributed by atoms with Gasteiger partial charge in [0, 0.05) is 0 Å². The number of hydrogen-bond acceptors (Lipinski definition) is 4. The predicted molar refractivity (Wildman–Crippen MR) is 120 cm³/mol. The Labute approximate surface area is 173 Å². The molecule has 0 N–H and O–H groups in total. The molecule has 0 fully saturated rings. The lowest BCUT2D eigenvalue weighted by atomic mass is 10.1. The summed E-state index contributed by atoms with van der Waals surface area (Å²) in [6, 6.07) is 8.48. The lowest BCUT2D eigenvalue weighted by Gasteiger charge is -2.35. The van der Waals surface area contributed by atoms with Crippen LogP contribution in [0.1, 0.15) is 33.3 Å². The number of rotatable bonds is 6. The number of ether oxygens (including phenoxy) is 4. The van der Waals surface area contributed by atoms with Crippen LogP contribution in [0.3, 0.4) is 0 Å². The second-order valence-electron chi connectivity index (χ2n) is 8.17. The van der Waals surface area contributed by atoms with Crippen molar-refractivity contribution in [2.24, 2.45) is 0 Å². The SMILES string of the molecule is COc1cc2c(cc1OC)C([Si](C)(C)C1C=Cc3cc(OC)c(OC)cc31)C=C2. The topological polar surface area (TPSA) is 36.9 Å². The third kappa shape index (κ3) is 3.04. The first-order chi connectivity index (χ1) is 13.9. The summed E-state index contributed by atoms with van der Waals surface area (Å²) in [5.74, 6) is 3.13. The Morgan fingerprint density at radius 2 is 0.931 bits per heavy atom. The molecule has 0 radical (unpaired) electrons. The highest BCUT2D eigenvalue weighted by molar-refractivity contribution is 6.81. The molecular formula is C24H28O4Si. The average molecular weight is 409 g/mol. The molecule has 2 aromatic carbocycles. The molecule has 0 saturated heterocycles. The molecule has 2 aliphatic carbocycles. The van der Waals surface area contributed by atoms with Crippen molar-refractivity contribution in [2.45, 2.75) is 24.2 Å². The fourth-order valence-electron chi connectivity index (χ4n) is 4.75. The van der Waals surface area contributed by atoms with Crippen molar-refractivity contribution in [1.82, 2.24) is 0 Å². The molecule has 4 rings (SSSR count). The van der Waals surface area contributed by atoms with Gasteiger partial charge in [-0.3, -0.25) is 0 Å². The molecular weight excluding hydrogens is 380 g/mol. The maximum atomic E-state index is 5.58. The Morgan fingerprint density at radius 3 is 1.28 bits per heavy atom. The smallest absolute Gasteiger partial charge is 0.161 e. The summed E-state index contributed by atoms with van der Waals surface area (Å²) in [6.45, 7) is 4.93. The van der Waals surface area contributed by atoms with Crippen molar-refractivity contribution in [3.05, 3.63) is 58.7 Å². The Balaban J connectivity index is 1.75. The quantitative estimate of drug-likeness (QED) is 0.597. The van der Waals surface area contributed by atoms with Crippen molar-refractivity contribution in [2.75, 3.05) is 28.4 Å². The fourth-order valence-corrected chi connectivity index (χ4v) is 8.42. The van der Waals surface area contributed by atoms with Gasteiger partial charge in [-0.1, -0.05) is 37.4 Å². The van der Waals surface area contributed by atoms with E-state index in [1.165, 1.54) is 22.3 Å². The number of methoxy groups -OCH3 is 4. The molecule has 0 bridgehead atoms. The van der Waals surface area contributed by atoms with Gasteiger partial charge in [-0.25, -0.2) is 0 Å². The van der Waals surface area contributed by atoms with E-state index < -0.39 is 8.07 Å². The van der Waals surface area contributed by atoms with Crippen LogP contribution in [-0.4, -0.2) is 36.5 Å². The third-order valence-electron chi connectivity index (χ3n) is 6.39. The van der Waals surface area contributed by atoms with E-state index in [4.69, 9.17) is 18.9 Å². The standard InChI is InChI=1S/C24H28O4Si/c1-25-19-11-15-7-9-23(17(15)13-21(19)27-3)29(5,6)24-10-8-16-12-20(26-2)22(28-4)14-18(16)24/h7-14,23-24H,1-6H3. The van der Waals surface area contributed by atoms with Gasteiger partial charge < -0.3 is 18.9 Å². The van der Waals surface area contributed by atoms with Gasteiger partial charge in [0.2, 0.25) is 0 Å². The van der Waals surface area contributed by atoms with Gasteiger partial charge in [0.25, 0.3) is 0 Å². The van der Waals surface area contributed by atoms with Crippen LogP contribution in [0.2, 0.25) is 13.1 Å². The molecule has 152 valence electrons. The summed E-state index contributed by atoms with van der Waals surface area (Å²) in [4.78, 5) is 0. The second-order valence-corrected chi connectivity index (χ2v) is 13.1. The first kappa shape index (κ1) is 19.6. The monoisotopic (exact) mass is 408 g/mol. The van der Waals surface area contributed by atoms with Gasteiger partial charge >= 0.3 is 0 Å². The minimum absolute atomic E-state index is 0.394. The van der Waals surface area contributed by atoms with E-state index in [2.05, 4.69) is 61.7 Å². The lowest BCUT2D eigenvalue weighted by Crippen LogP contribution is -2.40. The number of allylic oxidation sites excluding steroid dienone is 2. The predicted octanol–water partition coefficient (Wildman–Crippen LogP) is 5.43. The first-order valence-corrected chi connectivity index (χ1v) is 13.0. The van der Waals surface area contributed by atoms with Crippen LogP contribution in [0.4, 0.5) is 0 Å². The zero-order chi connectivity index (χ0) is 20.8. The molecule has 0 amide bonds. The average Bonchev–Trinajstić information content (AvgIpc) is 3.35. The second kappa shape index (κ2) is 7.30. The van der Waals surface area contributed by atoms with Crippen molar-refractivity contribution < 1.29 is 18.9 Å². The van der Waals surface area contributed by atoms with Crippen LogP contribution < -0.4 is 18.9 Å². The van der Waals surface area contributed by atoms with Gasteiger partial charge in [-0.2, -0.15) is 0 Å². The minimum atomic E-state index is -1.83. The van der Waals surface area contributed by atoms with E-state index in [9.17, 15) is 0 Å². The summed E-state index contributed by atoms with van der Waals surface area (Å²) in [6.07, 6.45) is 9.18. The summed E-state index contributed by atoms with van der Waals surface area (Å²) < 4.78 is 22.1. The Morgan fingerprint density at radius 1 is 0.586 bits per heavy atom. The fraction of sp³-hybridized carbons (Fsp3) is 0.333. The highest BCUT2D eigenvalue weighted by Gasteiger charge is 2.43. The van der Waals surface area contributed by atoms with E-state index in [0.29, 0.717) is 11.1 Å². The van der Waals surface area contributed by atoms with Gasteiger partial charge in [0.05, 0.1) is 36.5 Å². The zero-order valence-corrected chi connectivity index (χ0v) is 18.9. The van der Waals surface area contributed by atoms with Crippen LogP contribution in [0.15, 0.2) is 36.4 Å². The molecule has 0 spiro atoms. The summed E-state index contributed by atoms with van der Waals surface area (Å²) in [7, 11) is 4.92. The largest absolute Gasteiger partial charge is 0.493 e. The molecule has 0 heterocycles. The van der Waals surface area contributed by atoms with Gasteiger partial charge in [-0.15, -0.1) is 0 Å². The van der Waals surface area contributed by atoms with Crippen molar-refractivity contribution in [3.63, 3.8) is 0 Å². The van der Waals surface area contributed by atoms with Crippen molar-refractivity contribution in [3.8, 4) is 23.0 Å². The molecule has 2 atom stereocenters. The molecule has 0 saturated carbocycles. The van der Waals surface area contributed by atoms with Crippen LogP contribution in [0, 0.1) is 0 Å². The highest BCUT2D eigenvalue weighted by atomic mass is 28.3. The van der Waals surface area contributed by atoms with E-state index in [0.717, 1.165) is 23.0 Å². The number of fused-ring (bicyclic) bond motifs is 2. The van der Waals surface area contributed by atoms with E-state index in [1.54, 1.807) is 28.4 Å². The molecule has 0 aliphatic heterocycles. The molecule has 2 aliphatic rings. The number of hydrogen-bond donors (Lipinski definition) is 0. The summed E-state index contributed by atoms with van der Waals surface area (Å²) in [5.41, 5.74) is 5.91. The zero-order valence-electron chi connectivity index (χ0n) is 17.9. The summed E-state index contributed by atoms with van der Waals surface area (Å²) >= 11 is 0. The van der Waals surface area contributed by atoms with Crippen LogP contribution >= 0.6 is 0 Å². The van der Waals surface area contributed by atoms with E-state index >= 15 is 0 Å².